The molecule has 2 aromatic carbocycles. The van der Waals surface area contributed by atoms with Gasteiger partial charge in [0.2, 0.25) is 15.9 Å². The van der Waals surface area contributed by atoms with Crippen LogP contribution in [0.15, 0.2) is 60.0 Å². The summed E-state index contributed by atoms with van der Waals surface area (Å²) in [5, 5.41) is 7.89. The Kier molecular flexibility index (Phi) is 8.48. The number of thioether (sulfide) groups is 1. The predicted molar refractivity (Wildman–Crippen MR) is 135 cm³/mol. The van der Waals surface area contributed by atoms with E-state index in [1.165, 1.54) is 35.6 Å². The van der Waals surface area contributed by atoms with Gasteiger partial charge in [-0.2, -0.15) is 11.8 Å². The summed E-state index contributed by atoms with van der Waals surface area (Å²) < 4.78 is 25.0. The fourth-order valence-corrected chi connectivity index (χ4v) is 4.67. The highest BCUT2D eigenvalue weighted by atomic mass is 32.2. The van der Waals surface area contributed by atoms with Crippen LogP contribution in [-0.2, 0) is 14.8 Å². The predicted octanol–water partition coefficient (Wildman–Crippen LogP) is 3.67. The molecule has 0 spiro atoms. The van der Waals surface area contributed by atoms with Crippen molar-refractivity contribution in [3.8, 4) is 11.3 Å². The average Bonchev–Trinajstić information content (AvgIpc) is 3.25. The van der Waals surface area contributed by atoms with Crippen LogP contribution in [0, 0.1) is 0 Å². The molecule has 0 saturated heterocycles. The molecule has 0 unspecified atom stereocenters. The Labute approximate surface area is 201 Å². The highest BCUT2D eigenvalue weighted by molar-refractivity contribution is 7.98. The fourth-order valence-electron chi connectivity index (χ4n) is 2.91. The van der Waals surface area contributed by atoms with Crippen LogP contribution < -0.4 is 15.4 Å². The number of nitrogens with one attached hydrogen (secondary N) is 3. The average molecular weight is 505 g/mol. The molecule has 0 aliphatic rings. The van der Waals surface area contributed by atoms with E-state index in [2.05, 4.69) is 20.3 Å². The zero-order chi connectivity index (χ0) is 23.8. The van der Waals surface area contributed by atoms with Gasteiger partial charge in [0.05, 0.1) is 11.9 Å². The number of amides is 2. The van der Waals surface area contributed by atoms with Crippen molar-refractivity contribution in [1.82, 2.24) is 10.3 Å². The molecular weight excluding hydrogens is 480 g/mol. The quantitative estimate of drug-likeness (QED) is 0.388. The number of nitrogens with zero attached hydrogens (tertiary/aromatic N) is 1. The van der Waals surface area contributed by atoms with Gasteiger partial charge in [-0.25, -0.2) is 13.4 Å². The van der Waals surface area contributed by atoms with E-state index in [4.69, 9.17) is 0 Å². The van der Waals surface area contributed by atoms with E-state index in [0.717, 1.165) is 17.5 Å². The van der Waals surface area contributed by atoms with Crippen molar-refractivity contribution in [3.05, 3.63) is 65.5 Å². The van der Waals surface area contributed by atoms with Gasteiger partial charge in [0.25, 0.3) is 5.91 Å². The fraction of sp³-hybridized carbons (Fsp3) is 0.227. The summed E-state index contributed by atoms with van der Waals surface area (Å²) in [5.41, 5.74) is 2.39. The summed E-state index contributed by atoms with van der Waals surface area (Å²) in [6.07, 6.45) is 3.43. The minimum Gasteiger partial charge on any atom is -0.340 e. The van der Waals surface area contributed by atoms with Gasteiger partial charge in [0.1, 0.15) is 6.04 Å². The third-order valence-corrected chi connectivity index (χ3v) is 6.49. The standard InChI is InChI=1S/C22H24N4O4S3/c1-31-13-12-18(23-20(27)16-8-10-17(11-9-16)26-33(2,29)30)21(28)25-22-24-19(14-32-22)15-6-4-3-5-7-15/h3-11,14,18,26H,12-13H2,1-2H3,(H,23,27)(H,24,25,28)/t18-/m0/s1. The molecule has 0 radical (unpaired) electrons. The van der Waals surface area contributed by atoms with Gasteiger partial charge >= 0.3 is 0 Å². The van der Waals surface area contributed by atoms with Crippen LogP contribution in [0.25, 0.3) is 11.3 Å². The molecule has 2 amide bonds. The molecule has 174 valence electrons. The van der Waals surface area contributed by atoms with E-state index >= 15 is 0 Å². The number of benzene rings is 2. The van der Waals surface area contributed by atoms with Gasteiger partial charge in [-0.15, -0.1) is 11.3 Å². The molecule has 11 heteroatoms. The van der Waals surface area contributed by atoms with Gasteiger partial charge in [0, 0.05) is 22.2 Å². The second-order valence-corrected chi connectivity index (χ2v) is 10.7. The van der Waals surface area contributed by atoms with E-state index in [-0.39, 0.29) is 5.91 Å². The topological polar surface area (TPSA) is 117 Å². The molecule has 0 saturated carbocycles. The van der Waals surface area contributed by atoms with E-state index in [9.17, 15) is 18.0 Å². The normalized spacial score (nSPS) is 12.1. The molecule has 1 heterocycles. The SMILES string of the molecule is CSCC[C@H](NC(=O)c1ccc(NS(C)(=O)=O)cc1)C(=O)Nc1nc(-c2ccccc2)cs1. The van der Waals surface area contributed by atoms with Crippen molar-refractivity contribution in [2.45, 2.75) is 12.5 Å². The smallest absolute Gasteiger partial charge is 0.251 e. The molecule has 0 aliphatic carbocycles. The maximum absolute atomic E-state index is 12.9. The maximum atomic E-state index is 12.9. The summed E-state index contributed by atoms with van der Waals surface area (Å²) in [5.74, 6) is -0.0871. The lowest BCUT2D eigenvalue weighted by atomic mass is 10.1. The second-order valence-electron chi connectivity index (χ2n) is 7.15. The molecule has 1 aromatic heterocycles. The zero-order valence-electron chi connectivity index (χ0n) is 18.1. The summed E-state index contributed by atoms with van der Waals surface area (Å²) in [4.78, 5) is 30.1. The zero-order valence-corrected chi connectivity index (χ0v) is 20.5. The van der Waals surface area contributed by atoms with Crippen LogP contribution in [0.4, 0.5) is 10.8 Å². The highest BCUT2D eigenvalue weighted by Crippen LogP contribution is 2.24. The lowest BCUT2D eigenvalue weighted by Gasteiger charge is -2.17. The van der Waals surface area contributed by atoms with E-state index in [1.54, 1.807) is 11.8 Å². The minimum atomic E-state index is -3.41. The summed E-state index contributed by atoms with van der Waals surface area (Å²) in [6, 6.07) is 14.9. The molecule has 0 bridgehead atoms. The van der Waals surface area contributed by atoms with Crippen LogP contribution in [0.3, 0.4) is 0 Å². The summed E-state index contributed by atoms with van der Waals surface area (Å²) in [6.45, 7) is 0. The molecule has 3 rings (SSSR count). The third kappa shape index (κ3) is 7.58. The molecule has 8 nitrogen and oxygen atoms in total. The number of thiazole rings is 1. The Bertz CT molecular complexity index is 1200. The van der Waals surface area contributed by atoms with Crippen LogP contribution >= 0.6 is 23.1 Å². The first kappa shape index (κ1) is 24.7. The molecule has 0 fully saturated rings. The largest absolute Gasteiger partial charge is 0.340 e. The lowest BCUT2D eigenvalue weighted by Crippen LogP contribution is -2.44. The third-order valence-electron chi connectivity index (χ3n) is 4.49. The number of carbonyl (C=O) groups is 2. The number of anilines is 2. The molecule has 3 N–H and O–H groups in total. The van der Waals surface area contributed by atoms with Crippen molar-refractivity contribution in [1.29, 1.82) is 0 Å². The molecule has 0 aliphatic heterocycles. The number of sulfonamides is 1. The second kappa shape index (κ2) is 11.3. The van der Waals surface area contributed by atoms with Crippen LogP contribution in [0.2, 0.25) is 0 Å². The Morgan fingerprint density at radius 3 is 2.42 bits per heavy atom. The lowest BCUT2D eigenvalue weighted by molar-refractivity contribution is -0.118. The Hall–Kier alpha value is -2.89. The van der Waals surface area contributed by atoms with Crippen molar-refractivity contribution in [2.24, 2.45) is 0 Å². The number of rotatable bonds is 10. The van der Waals surface area contributed by atoms with Crippen LogP contribution in [0.5, 0.6) is 0 Å². The number of hydrogen-bond acceptors (Lipinski definition) is 7. The minimum absolute atomic E-state index is 0.316. The van der Waals surface area contributed by atoms with Gasteiger partial charge in [-0.3, -0.25) is 14.3 Å². The summed E-state index contributed by atoms with van der Waals surface area (Å²) in [7, 11) is -3.41. The first-order valence-corrected chi connectivity index (χ1v) is 14.1. The number of hydrogen-bond donors (Lipinski definition) is 3. The van der Waals surface area contributed by atoms with Gasteiger partial charge < -0.3 is 10.6 Å². The first-order chi connectivity index (χ1) is 15.7. The molecular formula is C22H24N4O4S3. The van der Waals surface area contributed by atoms with Crippen molar-refractivity contribution >= 4 is 55.8 Å². The maximum Gasteiger partial charge on any atom is 0.251 e. The molecule has 33 heavy (non-hydrogen) atoms. The van der Waals surface area contributed by atoms with Gasteiger partial charge in [-0.1, -0.05) is 30.3 Å². The van der Waals surface area contributed by atoms with Gasteiger partial charge in [0.15, 0.2) is 5.13 Å². The van der Waals surface area contributed by atoms with Gasteiger partial charge in [-0.05, 0) is 42.7 Å². The van der Waals surface area contributed by atoms with E-state index in [0.29, 0.717) is 28.6 Å². The molecule has 1 atom stereocenters. The number of carbonyl (C=O) groups excluding carboxylic acids is 2. The monoisotopic (exact) mass is 504 g/mol. The van der Waals surface area contributed by atoms with Crippen LogP contribution in [0.1, 0.15) is 16.8 Å². The van der Waals surface area contributed by atoms with Crippen molar-refractivity contribution in [2.75, 3.05) is 28.3 Å². The van der Waals surface area contributed by atoms with Crippen molar-refractivity contribution in [3.63, 3.8) is 0 Å². The Morgan fingerprint density at radius 2 is 1.79 bits per heavy atom. The van der Waals surface area contributed by atoms with E-state index < -0.39 is 22.0 Å². The number of aromatic nitrogens is 1. The van der Waals surface area contributed by atoms with E-state index in [1.807, 2.05) is 42.0 Å². The van der Waals surface area contributed by atoms with Crippen molar-refractivity contribution < 1.29 is 18.0 Å². The first-order valence-electron chi connectivity index (χ1n) is 9.94. The summed E-state index contributed by atoms with van der Waals surface area (Å²) >= 11 is 2.89. The highest BCUT2D eigenvalue weighted by Gasteiger charge is 2.22. The Morgan fingerprint density at radius 1 is 1.09 bits per heavy atom. The Balaban J connectivity index is 1.67. The van der Waals surface area contributed by atoms with Crippen LogP contribution in [-0.4, -0.2) is 49.5 Å². The molecule has 3 aromatic rings.